The van der Waals surface area contributed by atoms with Crippen LogP contribution in [0.4, 0.5) is 11.4 Å². The normalized spacial score (nSPS) is 10.2. The fourth-order valence-corrected chi connectivity index (χ4v) is 2.40. The molecule has 0 fully saturated rings. The monoisotopic (exact) mass is 317 g/mol. The molecular weight excluding hydrogens is 298 g/mol. The van der Waals surface area contributed by atoms with E-state index in [-0.39, 0.29) is 5.91 Å². The lowest BCUT2D eigenvalue weighted by molar-refractivity contribution is 0.102. The van der Waals surface area contributed by atoms with Crippen LogP contribution in [0.25, 0.3) is 0 Å². The number of benzene rings is 2. The molecule has 120 valence electrons. The van der Waals surface area contributed by atoms with Crippen LogP contribution in [0.3, 0.4) is 0 Å². The van der Waals surface area contributed by atoms with E-state index in [2.05, 4.69) is 46.8 Å². The molecule has 1 aromatic heterocycles. The first-order valence-corrected chi connectivity index (χ1v) is 7.81. The molecule has 0 spiro atoms. The Labute approximate surface area is 141 Å². The third-order valence-electron chi connectivity index (χ3n) is 3.65. The van der Waals surface area contributed by atoms with Gasteiger partial charge in [-0.25, -0.2) is 0 Å². The van der Waals surface area contributed by atoms with E-state index in [9.17, 15) is 4.79 Å². The summed E-state index contributed by atoms with van der Waals surface area (Å²) in [6, 6.07) is 19.6. The first kappa shape index (κ1) is 15.7. The van der Waals surface area contributed by atoms with Crippen molar-refractivity contribution in [1.29, 1.82) is 0 Å². The van der Waals surface area contributed by atoms with Crippen molar-refractivity contribution in [2.75, 3.05) is 10.6 Å². The fourth-order valence-electron chi connectivity index (χ4n) is 2.40. The van der Waals surface area contributed by atoms with E-state index in [0.717, 1.165) is 17.9 Å². The molecule has 0 aliphatic rings. The molecule has 0 saturated heterocycles. The van der Waals surface area contributed by atoms with Crippen molar-refractivity contribution >= 4 is 17.3 Å². The zero-order chi connectivity index (χ0) is 16.8. The van der Waals surface area contributed by atoms with E-state index in [1.807, 2.05) is 24.3 Å². The minimum Gasteiger partial charge on any atom is -0.381 e. The van der Waals surface area contributed by atoms with Crippen molar-refractivity contribution in [1.82, 2.24) is 4.98 Å². The van der Waals surface area contributed by atoms with Crippen LogP contribution in [0.2, 0.25) is 0 Å². The summed E-state index contributed by atoms with van der Waals surface area (Å²) in [5, 5.41) is 6.24. The van der Waals surface area contributed by atoms with Crippen LogP contribution >= 0.6 is 0 Å². The molecule has 3 rings (SSSR count). The van der Waals surface area contributed by atoms with Crippen molar-refractivity contribution in [3.8, 4) is 0 Å². The smallest absolute Gasteiger partial charge is 0.257 e. The molecule has 0 atom stereocenters. The van der Waals surface area contributed by atoms with Gasteiger partial charge in [0.1, 0.15) is 0 Å². The molecule has 1 amide bonds. The highest BCUT2D eigenvalue weighted by atomic mass is 16.1. The minimum atomic E-state index is -0.163. The van der Waals surface area contributed by atoms with Gasteiger partial charge in [0.25, 0.3) is 5.91 Å². The molecule has 0 bridgehead atoms. The molecule has 2 N–H and O–H groups in total. The van der Waals surface area contributed by atoms with Crippen LogP contribution in [-0.4, -0.2) is 10.9 Å². The van der Waals surface area contributed by atoms with Gasteiger partial charge in [-0.1, -0.05) is 29.8 Å². The van der Waals surface area contributed by atoms with E-state index < -0.39 is 0 Å². The lowest BCUT2D eigenvalue weighted by Crippen LogP contribution is -2.11. The molecule has 4 heteroatoms. The van der Waals surface area contributed by atoms with Crippen molar-refractivity contribution in [3.63, 3.8) is 0 Å². The molecule has 0 saturated carbocycles. The third kappa shape index (κ3) is 4.20. The highest BCUT2D eigenvalue weighted by Crippen LogP contribution is 2.16. The zero-order valence-electron chi connectivity index (χ0n) is 13.5. The van der Waals surface area contributed by atoms with Crippen molar-refractivity contribution in [2.24, 2.45) is 0 Å². The Morgan fingerprint density at radius 3 is 2.50 bits per heavy atom. The number of rotatable bonds is 5. The van der Waals surface area contributed by atoms with E-state index in [0.29, 0.717) is 5.56 Å². The second-order valence-electron chi connectivity index (χ2n) is 5.62. The second kappa shape index (κ2) is 7.42. The topological polar surface area (TPSA) is 54.0 Å². The summed E-state index contributed by atoms with van der Waals surface area (Å²) < 4.78 is 0. The van der Waals surface area contributed by atoms with Crippen LogP contribution in [0.1, 0.15) is 21.5 Å². The molecule has 0 aliphatic heterocycles. The summed E-state index contributed by atoms with van der Waals surface area (Å²) in [6.07, 6.45) is 3.19. The Balaban J connectivity index is 1.58. The molecule has 0 radical (unpaired) electrons. The van der Waals surface area contributed by atoms with Gasteiger partial charge in [0.15, 0.2) is 0 Å². The van der Waals surface area contributed by atoms with Gasteiger partial charge in [-0.15, -0.1) is 0 Å². The molecule has 3 aromatic rings. The molecule has 0 unspecified atom stereocenters. The van der Waals surface area contributed by atoms with Crippen LogP contribution in [0.15, 0.2) is 73.1 Å². The highest BCUT2D eigenvalue weighted by molar-refractivity contribution is 6.04. The van der Waals surface area contributed by atoms with Crippen LogP contribution in [0.5, 0.6) is 0 Å². The Bertz CT molecular complexity index is 814. The predicted molar refractivity (Wildman–Crippen MR) is 97.1 cm³/mol. The number of anilines is 2. The number of carbonyl (C=O) groups is 1. The summed E-state index contributed by atoms with van der Waals surface area (Å²) in [4.78, 5) is 16.0. The number of hydrogen-bond donors (Lipinski definition) is 2. The lowest BCUT2D eigenvalue weighted by atomic mass is 10.1. The Morgan fingerprint density at radius 1 is 1.00 bits per heavy atom. The second-order valence-corrected chi connectivity index (χ2v) is 5.62. The van der Waals surface area contributed by atoms with Crippen LogP contribution in [0, 0.1) is 6.92 Å². The number of aryl methyl sites for hydroxylation is 1. The van der Waals surface area contributed by atoms with E-state index >= 15 is 0 Å². The van der Waals surface area contributed by atoms with Gasteiger partial charge in [0.2, 0.25) is 0 Å². The SMILES string of the molecule is Cc1cccc(CNc2ccc(NC(=O)c3cccnc3)cc2)c1. The maximum absolute atomic E-state index is 12.1. The minimum absolute atomic E-state index is 0.163. The van der Waals surface area contributed by atoms with Crippen molar-refractivity contribution < 1.29 is 4.79 Å². The quantitative estimate of drug-likeness (QED) is 0.739. The lowest BCUT2D eigenvalue weighted by Gasteiger charge is -2.09. The van der Waals surface area contributed by atoms with Gasteiger partial charge in [-0.05, 0) is 48.9 Å². The standard InChI is InChI=1S/C20H19N3O/c1-15-4-2-5-16(12-15)13-22-18-7-9-19(10-8-18)23-20(24)17-6-3-11-21-14-17/h2-12,14,22H,13H2,1H3,(H,23,24). The Hall–Kier alpha value is -3.14. The van der Waals surface area contributed by atoms with Crippen molar-refractivity contribution in [2.45, 2.75) is 13.5 Å². The van der Waals surface area contributed by atoms with Gasteiger partial charge in [0, 0.05) is 30.3 Å². The number of aromatic nitrogens is 1. The molecular formula is C20H19N3O. The van der Waals surface area contributed by atoms with E-state index in [1.54, 1.807) is 24.5 Å². The van der Waals surface area contributed by atoms with E-state index in [4.69, 9.17) is 0 Å². The zero-order valence-corrected chi connectivity index (χ0v) is 13.5. The average molecular weight is 317 g/mol. The van der Waals surface area contributed by atoms with Gasteiger partial charge in [-0.2, -0.15) is 0 Å². The molecule has 0 aliphatic carbocycles. The third-order valence-corrected chi connectivity index (χ3v) is 3.65. The maximum Gasteiger partial charge on any atom is 0.257 e. The Morgan fingerprint density at radius 2 is 1.79 bits per heavy atom. The summed E-state index contributed by atoms with van der Waals surface area (Å²) in [7, 11) is 0. The first-order valence-electron chi connectivity index (χ1n) is 7.81. The summed E-state index contributed by atoms with van der Waals surface area (Å²) in [5.74, 6) is -0.163. The van der Waals surface area contributed by atoms with Gasteiger partial charge < -0.3 is 10.6 Å². The summed E-state index contributed by atoms with van der Waals surface area (Å²) >= 11 is 0. The largest absolute Gasteiger partial charge is 0.381 e. The number of amides is 1. The number of nitrogens with one attached hydrogen (secondary N) is 2. The molecule has 4 nitrogen and oxygen atoms in total. The number of pyridine rings is 1. The number of hydrogen-bond acceptors (Lipinski definition) is 3. The summed E-state index contributed by atoms with van der Waals surface area (Å²) in [5.41, 5.74) is 4.80. The summed E-state index contributed by atoms with van der Waals surface area (Å²) in [6.45, 7) is 2.85. The van der Waals surface area contributed by atoms with Crippen LogP contribution in [-0.2, 0) is 6.54 Å². The van der Waals surface area contributed by atoms with Gasteiger partial charge >= 0.3 is 0 Å². The predicted octanol–water partition coefficient (Wildman–Crippen LogP) is 4.25. The van der Waals surface area contributed by atoms with Crippen LogP contribution < -0.4 is 10.6 Å². The van der Waals surface area contributed by atoms with Gasteiger partial charge in [-0.3, -0.25) is 9.78 Å². The molecule has 2 aromatic carbocycles. The van der Waals surface area contributed by atoms with Gasteiger partial charge in [0.05, 0.1) is 5.56 Å². The highest BCUT2D eigenvalue weighted by Gasteiger charge is 2.05. The maximum atomic E-state index is 12.1. The molecule has 1 heterocycles. The first-order chi connectivity index (χ1) is 11.7. The number of nitrogens with zero attached hydrogens (tertiary/aromatic N) is 1. The average Bonchev–Trinajstić information content (AvgIpc) is 2.62. The van der Waals surface area contributed by atoms with E-state index in [1.165, 1.54) is 11.1 Å². The Kier molecular flexibility index (Phi) is 4.87. The number of carbonyl (C=O) groups excluding carboxylic acids is 1. The molecule has 24 heavy (non-hydrogen) atoms. The fraction of sp³-hybridized carbons (Fsp3) is 0.100. The van der Waals surface area contributed by atoms with Crippen molar-refractivity contribution in [3.05, 3.63) is 89.7 Å².